The number of piperidine rings is 1. The maximum Gasteiger partial charge on any atom is 0.327 e. The predicted molar refractivity (Wildman–Crippen MR) is 111 cm³/mol. The molecular weight excluding hydrogens is 468 g/mol. The molecule has 1 aliphatic rings. The summed E-state index contributed by atoms with van der Waals surface area (Å²) in [6, 6.07) is -0.461. The van der Waals surface area contributed by atoms with Crippen LogP contribution in [0.5, 0.6) is 0 Å². The first-order valence-corrected chi connectivity index (χ1v) is 13.3. The first-order valence-electron chi connectivity index (χ1n) is 9.74. The Bertz CT molecular complexity index is 1120. The number of aromatic amines is 1. The first kappa shape index (κ1) is 24.7. The summed E-state index contributed by atoms with van der Waals surface area (Å²) in [6.07, 6.45) is 0.489. The van der Waals surface area contributed by atoms with Gasteiger partial charge in [0.25, 0.3) is 5.56 Å². The van der Waals surface area contributed by atoms with Gasteiger partial charge in [0.1, 0.15) is 0 Å². The number of hydrogen-bond donors (Lipinski definition) is 5. The Morgan fingerprint density at radius 3 is 2.53 bits per heavy atom. The van der Waals surface area contributed by atoms with Crippen molar-refractivity contribution in [3.05, 3.63) is 23.0 Å². The van der Waals surface area contributed by atoms with Crippen molar-refractivity contribution in [2.45, 2.75) is 25.5 Å². The van der Waals surface area contributed by atoms with Crippen molar-refractivity contribution in [1.29, 1.82) is 0 Å². The summed E-state index contributed by atoms with van der Waals surface area (Å²) in [4.78, 5) is 73.0. The topological polar surface area (TPSA) is 208 Å². The zero-order valence-corrected chi connectivity index (χ0v) is 18.9. The van der Waals surface area contributed by atoms with E-state index in [0.29, 0.717) is 5.65 Å². The molecule has 1 amide bonds. The fourth-order valence-electron chi connectivity index (χ4n) is 3.83. The number of nitrogens with zero attached hydrogens (tertiary/aromatic N) is 4. The lowest BCUT2D eigenvalue weighted by Crippen LogP contribution is -2.52. The minimum atomic E-state index is -4.34. The first-order chi connectivity index (χ1) is 14.9. The zero-order chi connectivity index (χ0) is 23.7. The van der Waals surface area contributed by atoms with Gasteiger partial charge in [-0.05, 0) is 5.92 Å². The Balaban J connectivity index is 1.87. The van der Waals surface area contributed by atoms with Crippen LogP contribution in [0.2, 0.25) is 0 Å². The fourth-order valence-corrected chi connectivity index (χ4v) is 4.66. The van der Waals surface area contributed by atoms with Crippen LogP contribution < -0.4 is 5.56 Å². The number of carbonyl (C=O) groups is 1. The van der Waals surface area contributed by atoms with Gasteiger partial charge >= 0.3 is 15.2 Å². The molecule has 3 rings (SSSR count). The molecule has 2 unspecified atom stereocenters. The van der Waals surface area contributed by atoms with E-state index in [1.54, 1.807) is 4.57 Å². The monoisotopic (exact) mass is 493 g/mol. The molecule has 2 aromatic heterocycles. The summed E-state index contributed by atoms with van der Waals surface area (Å²) in [5, 5.41) is 0. The largest absolute Gasteiger partial charge is 0.374 e. The van der Waals surface area contributed by atoms with Gasteiger partial charge in [0, 0.05) is 19.5 Å². The van der Waals surface area contributed by atoms with Gasteiger partial charge in [-0.2, -0.15) is 0 Å². The van der Waals surface area contributed by atoms with E-state index in [2.05, 4.69) is 15.0 Å². The highest BCUT2D eigenvalue weighted by molar-refractivity contribution is 7.52. The minimum absolute atomic E-state index is 0.0268. The van der Waals surface area contributed by atoms with Crippen LogP contribution in [-0.4, -0.2) is 88.0 Å². The molecule has 0 aliphatic carbocycles. The Morgan fingerprint density at radius 2 is 1.88 bits per heavy atom. The molecule has 0 aromatic carbocycles. The Kier molecular flexibility index (Phi) is 7.35. The maximum absolute atomic E-state index is 12.5. The molecule has 14 nitrogen and oxygen atoms in total. The summed E-state index contributed by atoms with van der Waals surface area (Å²) in [5.74, 6) is -0.728. The van der Waals surface area contributed by atoms with Gasteiger partial charge in [-0.3, -0.25) is 18.7 Å². The number of hydrogen-bond acceptors (Lipinski definition) is 7. The number of nitrogens with one attached hydrogen (secondary N) is 1. The molecule has 0 saturated carbocycles. The lowest BCUT2D eigenvalue weighted by atomic mass is 9.90. The molecule has 1 saturated heterocycles. The lowest BCUT2D eigenvalue weighted by molar-refractivity contribution is -0.139. The van der Waals surface area contributed by atoms with E-state index in [1.807, 2.05) is 6.92 Å². The average molecular weight is 493 g/mol. The van der Waals surface area contributed by atoms with Crippen LogP contribution in [0.1, 0.15) is 19.4 Å². The summed E-state index contributed by atoms with van der Waals surface area (Å²) < 4.78 is 29.8. The lowest BCUT2D eigenvalue weighted by Gasteiger charge is -2.43. The number of imidazole rings is 1. The highest BCUT2D eigenvalue weighted by Crippen LogP contribution is 2.37. The zero-order valence-electron chi connectivity index (χ0n) is 17.1. The van der Waals surface area contributed by atoms with Gasteiger partial charge < -0.3 is 38.8 Å². The fraction of sp³-hybridized carbons (Fsp3) is 0.625. The summed E-state index contributed by atoms with van der Waals surface area (Å²) in [5.41, 5.74) is -0.00490. The molecule has 1 fully saturated rings. The van der Waals surface area contributed by atoms with E-state index in [9.17, 15) is 18.7 Å². The summed E-state index contributed by atoms with van der Waals surface area (Å²) in [6.45, 7) is 1.82. The van der Waals surface area contributed by atoms with Crippen LogP contribution in [0.15, 0.2) is 17.4 Å². The average Bonchev–Trinajstić information content (AvgIpc) is 3.09. The normalized spacial score (nSPS) is 22.4. The van der Waals surface area contributed by atoms with E-state index < -0.39 is 51.1 Å². The quantitative estimate of drug-likeness (QED) is 0.290. The Morgan fingerprint density at radius 1 is 1.19 bits per heavy atom. The third-order valence-corrected chi connectivity index (χ3v) is 6.81. The standard InChI is InChI=1S/C16H25N5O9P2/c1-10-6-20(12(22)2-4-31(24,25)26)7-11(30-3-5-32(27,28)29)14(10)21-9-19-13-15(21)17-8-18-16(13)23/h8-11,14H,2-7H2,1H3,(H,17,18,23)(H2,24,25,26)(H2,27,28,29)/t10?,11-,14?/m0/s1. The highest BCUT2D eigenvalue weighted by atomic mass is 31.2. The second-order valence-corrected chi connectivity index (χ2v) is 11.3. The molecule has 0 bridgehead atoms. The predicted octanol–water partition coefficient (Wildman–Crippen LogP) is -0.730. The van der Waals surface area contributed by atoms with Crippen molar-refractivity contribution >= 4 is 32.3 Å². The number of fused-ring (bicyclic) bond motifs is 1. The number of carbonyl (C=O) groups excluding carboxylic acids is 1. The number of ether oxygens (including phenoxy) is 1. The van der Waals surface area contributed by atoms with E-state index in [4.69, 9.17) is 24.3 Å². The van der Waals surface area contributed by atoms with Crippen molar-refractivity contribution < 1.29 is 38.2 Å². The van der Waals surface area contributed by atoms with Gasteiger partial charge in [-0.15, -0.1) is 0 Å². The third kappa shape index (κ3) is 6.10. The molecule has 2 aromatic rings. The molecule has 3 heterocycles. The number of amides is 1. The number of H-pyrrole nitrogens is 1. The van der Waals surface area contributed by atoms with Crippen LogP contribution in [0.3, 0.4) is 0 Å². The molecule has 0 radical (unpaired) electrons. The van der Waals surface area contributed by atoms with E-state index in [1.165, 1.54) is 17.6 Å². The van der Waals surface area contributed by atoms with Crippen LogP contribution in [0, 0.1) is 5.92 Å². The number of aromatic nitrogens is 4. The van der Waals surface area contributed by atoms with Crippen LogP contribution in [-0.2, 0) is 18.7 Å². The van der Waals surface area contributed by atoms with Gasteiger partial charge in [0.05, 0.1) is 43.7 Å². The molecule has 5 N–H and O–H groups in total. The van der Waals surface area contributed by atoms with Gasteiger partial charge in [0.2, 0.25) is 5.91 Å². The second-order valence-electron chi connectivity index (χ2n) is 7.76. The van der Waals surface area contributed by atoms with Gasteiger partial charge in [-0.1, -0.05) is 6.92 Å². The smallest absolute Gasteiger partial charge is 0.327 e. The van der Waals surface area contributed by atoms with Crippen molar-refractivity contribution in [2.75, 3.05) is 32.0 Å². The SMILES string of the molecule is CC1CN(C(=O)CCP(=O)(O)O)C[C@H](OCCP(=O)(O)O)C1n1cnc2c(=O)[nH]cnc21. The molecule has 1 aliphatic heterocycles. The molecule has 3 atom stereocenters. The van der Waals surface area contributed by atoms with Crippen LogP contribution in [0.4, 0.5) is 0 Å². The van der Waals surface area contributed by atoms with Crippen molar-refractivity contribution in [1.82, 2.24) is 24.4 Å². The third-order valence-electron chi connectivity index (χ3n) is 5.24. The van der Waals surface area contributed by atoms with Crippen molar-refractivity contribution in [3.8, 4) is 0 Å². The minimum Gasteiger partial charge on any atom is -0.374 e. The number of rotatable bonds is 8. The van der Waals surface area contributed by atoms with Crippen LogP contribution in [0.25, 0.3) is 11.2 Å². The molecule has 0 spiro atoms. The van der Waals surface area contributed by atoms with Crippen LogP contribution >= 0.6 is 15.2 Å². The Hall–Kier alpha value is -1.92. The maximum atomic E-state index is 12.5. The van der Waals surface area contributed by atoms with Gasteiger partial charge in [0.15, 0.2) is 11.2 Å². The van der Waals surface area contributed by atoms with Crippen molar-refractivity contribution in [3.63, 3.8) is 0 Å². The summed E-state index contributed by atoms with van der Waals surface area (Å²) in [7, 11) is -8.65. The second kappa shape index (κ2) is 9.52. The van der Waals surface area contributed by atoms with Crippen molar-refractivity contribution in [2.24, 2.45) is 5.92 Å². The summed E-state index contributed by atoms with van der Waals surface area (Å²) >= 11 is 0. The van der Waals surface area contributed by atoms with E-state index in [0.717, 1.165) is 0 Å². The molecular formula is C16H25N5O9P2. The highest BCUT2D eigenvalue weighted by Gasteiger charge is 2.39. The van der Waals surface area contributed by atoms with E-state index >= 15 is 0 Å². The Labute approximate surface area is 181 Å². The molecule has 32 heavy (non-hydrogen) atoms. The van der Waals surface area contributed by atoms with Gasteiger partial charge in [-0.25, -0.2) is 9.97 Å². The molecule has 178 valence electrons. The van der Waals surface area contributed by atoms with E-state index in [-0.39, 0.29) is 37.6 Å². The molecule has 16 heteroatoms. The number of likely N-dealkylation sites (tertiary alicyclic amines) is 1.